The molecule has 1 aliphatic rings. The zero-order valence-corrected chi connectivity index (χ0v) is 14.6. The minimum Gasteiger partial charge on any atom is -0.441 e. The summed E-state index contributed by atoms with van der Waals surface area (Å²) in [6.07, 6.45) is 4.04. The number of nitrogens with one attached hydrogen (secondary N) is 1. The molecule has 1 unspecified atom stereocenters. The number of anilines is 1. The molecule has 0 aromatic heterocycles. The van der Waals surface area contributed by atoms with Crippen LogP contribution in [0.1, 0.15) is 37.4 Å². The van der Waals surface area contributed by atoms with Crippen LogP contribution in [0.15, 0.2) is 60.7 Å². The van der Waals surface area contributed by atoms with Crippen LogP contribution >= 0.6 is 0 Å². The van der Waals surface area contributed by atoms with E-state index >= 15 is 0 Å². The number of ether oxygens (including phenoxy) is 1. The first-order valence-corrected chi connectivity index (χ1v) is 9.11. The van der Waals surface area contributed by atoms with Gasteiger partial charge in [0.05, 0.1) is 0 Å². The molecular formula is C21H26N2O2. The van der Waals surface area contributed by atoms with Crippen molar-refractivity contribution >= 4 is 11.8 Å². The van der Waals surface area contributed by atoms with Crippen molar-refractivity contribution < 1.29 is 9.53 Å². The summed E-state index contributed by atoms with van der Waals surface area (Å²) < 4.78 is 5.75. The third-order valence-electron chi connectivity index (χ3n) is 4.60. The van der Waals surface area contributed by atoms with E-state index in [9.17, 15) is 4.79 Å². The van der Waals surface area contributed by atoms with E-state index in [1.807, 2.05) is 60.7 Å². The van der Waals surface area contributed by atoms with Crippen molar-refractivity contribution in [1.29, 1.82) is 0 Å². The van der Waals surface area contributed by atoms with E-state index in [-0.39, 0.29) is 6.10 Å². The molecular weight excluding hydrogens is 312 g/mol. The molecule has 1 amide bonds. The molecule has 1 N–H and O–H groups in total. The van der Waals surface area contributed by atoms with Gasteiger partial charge in [-0.2, -0.15) is 0 Å². The Bertz CT molecular complexity index is 639. The molecule has 1 saturated heterocycles. The Morgan fingerprint density at radius 3 is 2.28 bits per heavy atom. The van der Waals surface area contributed by atoms with Crippen molar-refractivity contribution in [2.75, 3.05) is 25.0 Å². The predicted molar refractivity (Wildman–Crippen MR) is 101 cm³/mol. The average Bonchev–Trinajstić information content (AvgIpc) is 2.67. The number of para-hydroxylation sites is 1. The molecule has 1 atom stereocenters. The van der Waals surface area contributed by atoms with Gasteiger partial charge in [-0.15, -0.1) is 0 Å². The quantitative estimate of drug-likeness (QED) is 0.818. The Morgan fingerprint density at radius 1 is 0.960 bits per heavy atom. The fourth-order valence-corrected chi connectivity index (χ4v) is 3.24. The highest BCUT2D eigenvalue weighted by atomic mass is 16.6. The molecule has 1 heterocycles. The van der Waals surface area contributed by atoms with Gasteiger partial charge >= 0.3 is 6.09 Å². The number of carbonyl (C=O) groups excluding carboxylic acids is 1. The second kappa shape index (κ2) is 9.23. The van der Waals surface area contributed by atoms with E-state index in [0.717, 1.165) is 37.3 Å². The van der Waals surface area contributed by atoms with Crippen LogP contribution < -0.4 is 5.32 Å². The van der Waals surface area contributed by atoms with E-state index in [4.69, 9.17) is 4.74 Å². The van der Waals surface area contributed by atoms with Gasteiger partial charge in [0.25, 0.3) is 0 Å². The zero-order valence-electron chi connectivity index (χ0n) is 14.6. The first-order valence-electron chi connectivity index (χ1n) is 9.11. The van der Waals surface area contributed by atoms with Gasteiger partial charge < -0.3 is 9.64 Å². The van der Waals surface area contributed by atoms with Crippen LogP contribution in [0.3, 0.4) is 0 Å². The van der Waals surface area contributed by atoms with Crippen LogP contribution in [0.2, 0.25) is 0 Å². The number of hydrogen-bond donors (Lipinski definition) is 1. The van der Waals surface area contributed by atoms with Gasteiger partial charge in [-0.25, -0.2) is 4.79 Å². The van der Waals surface area contributed by atoms with Crippen molar-refractivity contribution in [3.63, 3.8) is 0 Å². The molecule has 25 heavy (non-hydrogen) atoms. The van der Waals surface area contributed by atoms with E-state index in [1.165, 1.54) is 19.3 Å². The second-order valence-electron chi connectivity index (χ2n) is 6.49. The highest BCUT2D eigenvalue weighted by molar-refractivity contribution is 5.84. The molecule has 0 aliphatic carbocycles. The number of nitrogens with zero attached hydrogens (tertiary/aromatic N) is 1. The molecule has 0 radical (unpaired) electrons. The molecule has 1 aliphatic heterocycles. The third kappa shape index (κ3) is 5.61. The number of piperidine rings is 1. The summed E-state index contributed by atoms with van der Waals surface area (Å²) in [5.41, 5.74) is 1.79. The first kappa shape index (κ1) is 17.5. The van der Waals surface area contributed by atoms with Crippen molar-refractivity contribution in [3.05, 3.63) is 66.2 Å². The fraction of sp³-hybridized carbons (Fsp3) is 0.381. The van der Waals surface area contributed by atoms with Gasteiger partial charge in [0.2, 0.25) is 0 Å². The highest BCUT2D eigenvalue weighted by Crippen LogP contribution is 2.23. The topological polar surface area (TPSA) is 41.6 Å². The summed E-state index contributed by atoms with van der Waals surface area (Å²) in [4.78, 5) is 14.8. The number of amides is 1. The van der Waals surface area contributed by atoms with E-state index in [1.54, 1.807) is 0 Å². The number of benzene rings is 2. The van der Waals surface area contributed by atoms with Crippen molar-refractivity contribution in [1.82, 2.24) is 4.90 Å². The lowest BCUT2D eigenvalue weighted by Crippen LogP contribution is -2.32. The monoisotopic (exact) mass is 338 g/mol. The average molecular weight is 338 g/mol. The predicted octanol–water partition coefficient (Wildman–Crippen LogP) is 4.85. The maximum atomic E-state index is 12.3. The summed E-state index contributed by atoms with van der Waals surface area (Å²) >= 11 is 0. The Hall–Kier alpha value is -2.33. The molecule has 3 rings (SSSR count). The Morgan fingerprint density at radius 2 is 1.60 bits per heavy atom. The number of hydrogen-bond acceptors (Lipinski definition) is 3. The summed E-state index contributed by atoms with van der Waals surface area (Å²) in [6.45, 7) is 3.26. The lowest BCUT2D eigenvalue weighted by Gasteiger charge is -2.28. The number of likely N-dealkylation sites (tertiary alicyclic amines) is 1. The third-order valence-corrected chi connectivity index (χ3v) is 4.60. The Labute approximate surface area is 149 Å². The molecule has 132 valence electrons. The van der Waals surface area contributed by atoms with Crippen LogP contribution in [0.25, 0.3) is 0 Å². The van der Waals surface area contributed by atoms with E-state index in [2.05, 4.69) is 10.2 Å². The van der Waals surface area contributed by atoms with Crippen LogP contribution in [0.5, 0.6) is 0 Å². The second-order valence-corrected chi connectivity index (χ2v) is 6.49. The molecule has 4 heteroatoms. The maximum Gasteiger partial charge on any atom is 0.412 e. The van der Waals surface area contributed by atoms with Crippen molar-refractivity contribution in [2.45, 2.75) is 31.8 Å². The van der Waals surface area contributed by atoms with Gasteiger partial charge in [-0.3, -0.25) is 5.32 Å². The Balaban J connectivity index is 1.60. The first-order chi connectivity index (χ1) is 12.3. The number of carbonyl (C=O) groups is 1. The van der Waals surface area contributed by atoms with Crippen molar-refractivity contribution in [3.8, 4) is 0 Å². The zero-order chi connectivity index (χ0) is 17.3. The van der Waals surface area contributed by atoms with Gasteiger partial charge in [0, 0.05) is 18.7 Å². The van der Waals surface area contributed by atoms with Gasteiger partial charge in [-0.05, 0) is 43.6 Å². The normalized spacial score (nSPS) is 16.2. The molecule has 0 saturated carbocycles. The SMILES string of the molecule is O=C(Nc1ccccc1)OC(CCN1CCCCC1)c1ccccc1. The molecule has 1 fully saturated rings. The van der Waals surface area contributed by atoms with Crippen molar-refractivity contribution in [2.24, 2.45) is 0 Å². The smallest absolute Gasteiger partial charge is 0.412 e. The van der Waals surface area contributed by atoms with Gasteiger partial charge in [-0.1, -0.05) is 55.0 Å². The van der Waals surface area contributed by atoms with E-state index < -0.39 is 6.09 Å². The molecule has 2 aromatic carbocycles. The van der Waals surface area contributed by atoms with E-state index in [0.29, 0.717) is 0 Å². The van der Waals surface area contributed by atoms with Crippen LogP contribution in [-0.4, -0.2) is 30.6 Å². The number of rotatable bonds is 6. The lowest BCUT2D eigenvalue weighted by atomic mass is 10.1. The van der Waals surface area contributed by atoms with Crippen LogP contribution in [-0.2, 0) is 4.74 Å². The largest absolute Gasteiger partial charge is 0.441 e. The maximum absolute atomic E-state index is 12.3. The van der Waals surface area contributed by atoms with Gasteiger partial charge in [0.15, 0.2) is 0 Å². The Kier molecular flexibility index (Phi) is 6.46. The minimum atomic E-state index is -0.404. The summed E-state index contributed by atoms with van der Waals surface area (Å²) in [6, 6.07) is 19.4. The van der Waals surface area contributed by atoms with Crippen LogP contribution in [0, 0.1) is 0 Å². The van der Waals surface area contributed by atoms with Crippen LogP contribution in [0.4, 0.5) is 10.5 Å². The highest BCUT2D eigenvalue weighted by Gasteiger charge is 2.19. The summed E-state index contributed by atoms with van der Waals surface area (Å²) in [7, 11) is 0. The molecule has 2 aromatic rings. The molecule has 0 spiro atoms. The fourth-order valence-electron chi connectivity index (χ4n) is 3.24. The molecule has 4 nitrogen and oxygen atoms in total. The summed E-state index contributed by atoms with van der Waals surface area (Å²) in [5.74, 6) is 0. The molecule has 0 bridgehead atoms. The summed E-state index contributed by atoms with van der Waals surface area (Å²) in [5, 5.41) is 2.81. The lowest BCUT2D eigenvalue weighted by molar-refractivity contribution is 0.0928. The van der Waals surface area contributed by atoms with Gasteiger partial charge in [0.1, 0.15) is 6.10 Å². The minimum absolute atomic E-state index is 0.230. The standard InChI is InChI=1S/C21H26N2O2/c24-21(22-19-12-6-2-7-13-19)25-20(18-10-4-1-5-11-18)14-17-23-15-8-3-9-16-23/h1-2,4-7,10-13,20H,3,8-9,14-17H2,(H,22,24).